The van der Waals surface area contributed by atoms with Gasteiger partial charge in [0.2, 0.25) is 0 Å². The number of hydrogen-bond donors (Lipinski definition) is 1. The molecule has 1 heterocycles. The zero-order chi connectivity index (χ0) is 16.6. The van der Waals surface area contributed by atoms with Crippen LogP contribution >= 0.6 is 11.6 Å². The number of halogens is 2. The van der Waals surface area contributed by atoms with Crippen LogP contribution in [0.15, 0.2) is 30.5 Å². The second kappa shape index (κ2) is 6.28. The van der Waals surface area contributed by atoms with Gasteiger partial charge in [0, 0.05) is 11.8 Å². The normalized spacial score (nSPS) is 15.4. The van der Waals surface area contributed by atoms with Gasteiger partial charge in [-0.2, -0.15) is 0 Å². The number of benzene rings is 1. The lowest BCUT2D eigenvalue weighted by atomic mass is 9.89. The molecule has 1 aromatic carbocycles. The summed E-state index contributed by atoms with van der Waals surface area (Å²) < 4.78 is 15.0. The summed E-state index contributed by atoms with van der Waals surface area (Å²) in [5.41, 5.74) is 6.31. The largest absolute Gasteiger partial charge is 0.384 e. The maximum Gasteiger partial charge on any atom is 0.199 e. The van der Waals surface area contributed by atoms with Gasteiger partial charge in [0.25, 0.3) is 0 Å². The minimum Gasteiger partial charge on any atom is -0.384 e. The third-order valence-electron chi connectivity index (χ3n) is 4.43. The Morgan fingerprint density at radius 2 is 2.13 bits per heavy atom. The molecule has 2 aromatic rings. The molecule has 1 aliphatic carbocycles. The van der Waals surface area contributed by atoms with Gasteiger partial charge in [0.15, 0.2) is 5.78 Å². The molecular weight excluding hydrogens is 315 g/mol. The SMILES string of the molecule is CC[C@@H](c1ccc(Cl)c(C(=O)c2ccc(N)nc2)c1F)C1CC1. The molecule has 3 rings (SSSR count). The van der Waals surface area contributed by atoms with Crippen molar-refractivity contribution in [1.29, 1.82) is 0 Å². The highest BCUT2D eigenvalue weighted by molar-refractivity contribution is 6.35. The number of nitrogens with two attached hydrogens (primary N) is 1. The summed E-state index contributed by atoms with van der Waals surface area (Å²) in [4.78, 5) is 16.5. The summed E-state index contributed by atoms with van der Waals surface area (Å²) in [6, 6.07) is 6.37. The predicted octanol–water partition coefficient (Wildman–Crippen LogP) is 4.59. The van der Waals surface area contributed by atoms with Crippen LogP contribution in [0.3, 0.4) is 0 Å². The van der Waals surface area contributed by atoms with Gasteiger partial charge in [-0.15, -0.1) is 0 Å². The molecule has 0 amide bonds. The fourth-order valence-corrected chi connectivity index (χ4v) is 3.28. The van der Waals surface area contributed by atoms with Crippen molar-refractivity contribution in [1.82, 2.24) is 4.98 Å². The van der Waals surface area contributed by atoms with E-state index in [-0.39, 0.29) is 22.1 Å². The fraction of sp³-hybridized carbons (Fsp3) is 0.333. The third-order valence-corrected chi connectivity index (χ3v) is 4.74. The first-order chi connectivity index (χ1) is 11.0. The van der Waals surface area contributed by atoms with E-state index in [1.165, 1.54) is 18.3 Å². The Hall–Kier alpha value is -1.94. The summed E-state index contributed by atoms with van der Waals surface area (Å²) in [6.45, 7) is 2.04. The van der Waals surface area contributed by atoms with Crippen LogP contribution in [0.2, 0.25) is 5.02 Å². The van der Waals surface area contributed by atoms with Gasteiger partial charge in [-0.1, -0.05) is 24.6 Å². The monoisotopic (exact) mass is 332 g/mol. The van der Waals surface area contributed by atoms with Crippen LogP contribution < -0.4 is 5.73 Å². The van der Waals surface area contributed by atoms with Crippen molar-refractivity contribution in [2.75, 3.05) is 5.73 Å². The lowest BCUT2D eigenvalue weighted by Gasteiger charge is -2.17. The number of aromatic nitrogens is 1. The Balaban J connectivity index is 2.04. The molecule has 1 aliphatic rings. The first kappa shape index (κ1) is 15.9. The smallest absolute Gasteiger partial charge is 0.199 e. The third kappa shape index (κ3) is 3.08. The van der Waals surface area contributed by atoms with Crippen molar-refractivity contribution in [3.05, 3.63) is 58.0 Å². The number of carbonyl (C=O) groups is 1. The van der Waals surface area contributed by atoms with Crippen LogP contribution in [0.5, 0.6) is 0 Å². The average Bonchev–Trinajstić information content (AvgIpc) is 3.35. The van der Waals surface area contributed by atoms with E-state index >= 15 is 4.39 Å². The number of carbonyl (C=O) groups excluding carboxylic acids is 1. The Bertz CT molecular complexity index is 741. The molecule has 3 nitrogen and oxygen atoms in total. The Labute approximate surface area is 139 Å². The van der Waals surface area contributed by atoms with Crippen LogP contribution in [0.4, 0.5) is 10.2 Å². The van der Waals surface area contributed by atoms with E-state index < -0.39 is 11.6 Å². The zero-order valence-electron chi connectivity index (χ0n) is 12.9. The second-order valence-corrected chi connectivity index (χ2v) is 6.39. The maximum atomic E-state index is 15.0. The minimum atomic E-state index is -0.502. The molecule has 5 heteroatoms. The molecule has 0 bridgehead atoms. The van der Waals surface area contributed by atoms with Gasteiger partial charge in [-0.05, 0) is 54.9 Å². The number of ketones is 1. The van der Waals surface area contributed by atoms with Crippen molar-refractivity contribution in [2.45, 2.75) is 32.1 Å². The van der Waals surface area contributed by atoms with Crippen LogP contribution in [0.25, 0.3) is 0 Å². The maximum absolute atomic E-state index is 15.0. The molecule has 1 atom stereocenters. The van der Waals surface area contributed by atoms with Crippen molar-refractivity contribution >= 4 is 23.2 Å². The highest BCUT2D eigenvalue weighted by Gasteiger charge is 2.34. The minimum absolute atomic E-state index is 0.0742. The average molecular weight is 333 g/mol. The molecular formula is C18H18ClFN2O. The van der Waals surface area contributed by atoms with Gasteiger partial charge >= 0.3 is 0 Å². The summed E-state index contributed by atoms with van der Waals surface area (Å²) in [7, 11) is 0. The Kier molecular flexibility index (Phi) is 4.35. The zero-order valence-corrected chi connectivity index (χ0v) is 13.6. The van der Waals surface area contributed by atoms with Gasteiger partial charge in [0.05, 0.1) is 10.6 Å². The van der Waals surface area contributed by atoms with E-state index in [9.17, 15) is 4.79 Å². The van der Waals surface area contributed by atoms with E-state index in [1.807, 2.05) is 6.92 Å². The molecule has 120 valence electrons. The van der Waals surface area contributed by atoms with Crippen LogP contribution in [0.1, 0.15) is 53.6 Å². The number of hydrogen-bond acceptors (Lipinski definition) is 3. The highest BCUT2D eigenvalue weighted by Crippen LogP contribution is 2.46. The second-order valence-electron chi connectivity index (χ2n) is 5.98. The van der Waals surface area contributed by atoms with Crippen molar-refractivity contribution in [3.8, 4) is 0 Å². The van der Waals surface area contributed by atoms with Gasteiger partial charge in [-0.3, -0.25) is 4.79 Å². The highest BCUT2D eigenvalue weighted by atomic mass is 35.5. The standard InChI is InChI=1S/C18H18ClFN2O/c1-2-12(10-3-4-10)13-6-7-14(19)16(17(13)20)18(23)11-5-8-15(21)22-9-11/h5-10,12H,2-4H2,1H3,(H2,21,22)/t12-/m1/s1. The van der Waals surface area contributed by atoms with Crippen LogP contribution in [-0.4, -0.2) is 10.8 Å². The Morgan fingerprint density at radius 1 is 1.39 bits per heavy atom. The number of nitrogens with zero attached hydrogens (tertiary/aromatic N) is 1. The van der Waals surface area contributed by atoms with E-state index in [4.69, 9.17) is 17.3 Å². The molecule has 0 unspecified atom stereocenters. The van der Waals surface area contributed by atoms with Crippen LogP contribution in [0, 0.1) is 11.7 Å². The molecule has 23 heavy (non-hydrogen) atoms. The van der Waals surface area contributed by atoms with Gasteiger partial charge < -0.3 is 5.73 Å². The number of pyridine rings is 1. The van der Waals surface area contributed by atoms with Crippen molar-refractivity contribution in [3.63, 3.8) is 0 Å². The summed E-state index contributed by atoms with van der Waals surface area (Å²) in [5, 5.41) is 0.124. The molecule has 1 saturated carbocycles. The van der Waals surface area contributed by atoms with E-state index in [1.54, 1.807) is 12.1 Å². The fourth-order valence-electron chi connectivity index (χ4n) is 3.05. The number of nitrogen functional groups attached to an aromatic ring is 1. The molecule has 0 spiro atoms. The number of rotatable bonds is 5. The topological polar surface area (TPSA) is 56.0 Å². The van der Waals surface area contributed by atoms with Gasteiger partial charge in [0.1, 0.15) is 11.6 Å². The van der Waals surface area contributed by atoms with Crippen molar-refractivity contribution in [2.24, 2.45) is 5.92 Å². The summed E-state index contributed by atoms with van der Waals surface area (Å²) in [6.07, 6.45) is 4.43. The summed E-state index contributed by atoms with van der Waals surface area (Å²) >= 11 is 6.11. The first-order valence-electron chi connectivity index (χ1n) is 7.77. The molecule has 1 aromatic heterocycles. The predicted molar refractivity (Wildman–Crippen MR) is 89.2 cm³/mol. The quantitative estimate of drug-likeness (QED) is 0.815. The molecule has 0 saturated heterocycles. The summed E-state index contributed by atoms with van der Waals surface area (Å²) in [5.74, 6) is -0.00703. The van der Waals surface area contributed by atoms with Crippen LogP contribution in [-0.2, 0) is 0 Å². The van der Waals surface area contributed by atoms with E-state index in [0.717, 1.165) is 19.3 Å². The van der Waals surface area contributed by atoms with Gasteiger partial charge in [-0.25, -0.2) is 9.37 Å². The lowest BCUT2D eigenvalue weighted by Crippen LogP contribution is -2.11. The first-order valence-corrected chi connectivity index (χ1v) is 8.14. The molecule has 0 radical (unpaired) electrons. The number of anilines is 1. The Morgan fingerprint density at radius 3 is 2.70 bits per heavy atom. The van der Waals surface area contributed by atoms with Crippen molar-refractivity contribution < 1.29 is 9.18 Å². The van der Waals surface area contributed by atoms with E-state index in [0.29, 0.717) is 17.3 Å². The molecule has 2 N–H and O–H groups in total. The molecule has 1 fully saturated rings. The lowest BCUT2D eigenvalue weighted by molar-refractivity contribution is 0.103. The van der Waals surface area contributed by atoms with E-state index in [2.05, 4.69) is 4.98 Å². The molecule has 0 aliphatic heterocycles.